The SMILES string of the molecule is C.CC.CC.CCC.Oc1ccccc1.Oc1ccccc1. The van der Waals surface area contributed by atoms with E-state index in [9.17, 15) is 0 Å². The molecule has 22 heavy (non-hydrogen) atoms. The van der Waals surface area contributed by atoms with Crippen LogP contribution in [0.1, 0.15) is 55.4 Å². The van der Waals surface area contributed by atoms with Gasteiger partial charge in [-0.1, -0.05) is 91.8 Å². The summed E-state index contributed by atoms with van der Waals surface area (Å²) >= 11 is 0. The molecule has 0 spiro atoms. The minimum absolute atomic E-state index is 0. The summed E-state index contributed by atoms with van der Waals surface area (Å²) in [6.07, 6.45) is 1.25. The van der Waals surface area contributed by atoms with Gasteiger partial charge in [-0.3, -0.25) is 0 Å². The average Bonchev–Trinajstić information content (AvgIpc) is 2.54. The van der Waals surface area contributed by atoms with E-state index in [0.29, 0.717) is 11.5 Å². The smallest absolute Gasteiger partial charge is 0.115 e. The van der Waals surface area contributed by atoms with Gasteiger partial charge in [-0.05, 0) is 24.3 Å². The Bertz CT molecular complexity index is 320. The molecule has 0 unspecified atom stereocenters. The maximum absolute atomic E-state index is 8.63. The molecule has 0 aromatic heterocycles. The molecule has 0 aliphatic heterocycles. The Morgan fingerprint density at radius 2 is 0.773 bits per heavy atom. The summed E-state index contributed by atoms with van der Waals surface area (Å²) in [5.74, 6) is 0.644. The molecule has 2 nitrogen and oxygen atoms in total. The van der Waals surface area contributed by atoms with E-state index < -0.39 is 0 Å². The molecule has 0 fully saturated rings. The lowest BCUT2D eigenvalue weighted by Crippen LogP contribution is -1.56. The molecule has 128 valence electrons. The van der Waals surface area contributed by atoms with Crippen LogP contribution < -0.4 is 0 Å². The maximum Gasteiger partial charge on any atom is 0.115 e. The predicted octanol–water partition coefficient (Wildman–Crippen LogP) is 6.89. The fraction of sp³-hybridized carbons (Fsp3) is 0.400. The van der Waals surface area contributed by atoms with Crippen molar-refractivity contribution >= 4 is 0 Å². The van der Waals surface area contributed by atoms with Crippen molar-refractivity contribution in [3.8, 4) is 11.5 Å². The van der Waals surface area contributed by atoms with E-state index in [1.54, 1.807) is 48.5 Å². The quantitative estimate of drug-likeness (QED) is 0.556. The molecule has 0 aliphatic carbocycles. The second-order valence-corrected chi connectivity index (χ2v) is 3.38. The van der Waals surface area contributed by atoms with Crippen LogP contribution >= 0.6 is 0 Å². The summed E-state index contributed by atoms with van der Waals surface area (Å²) in [5.41, 5.74) is 0. The van der Waals surface area contributed by atoms with Gasteiger partial charge in [0.05, 0.1) is 0 Å². The number of phenols is 2. The number of benzene rings is 2. The van der Waals surface area contributed by atoms with Crippen molar-refractivity contribution in [3.63, 3.8) is 0 Å². The molecule has 0 radical (unpaired) electrons. The van der Waals surface area contributed by atoms with E-state index in [-0.39, 0.29) is 7.43 Å². The van der Waals surface area contributed by atoms with Gasteiger partial charge in [0.15, 0.2) is 0 Å². The van der Waals surface area contributed by atoms with Gasteiger partial charge in [0.2, 0.25) is 0 Å². The van der Waals surface area contributed by atoms with Crippen LogP contribution in [-0.4, -0.2) is 10.2 Å². The first kappa shape index (κ1) is 28.2. The highest BCUT2D eigenvalue weighted by Crippen LogP contribution is 2.03. The number of phenolic OH excluding ortho intramolecular Hbond substituents is 2. The van der Waals surface area contributed by atoms with Crippen LogP contribution in [0.25, 0.3) is 0 Å². The third kappa shape index (κ3) is 26.6. The lowest BCUT2D eigenvalue weighted by molar-refractivity contribution is 0.475. The minimum Gasteiger partial charge on any atom is -0.508 e. The Labute approximate surface area is 138 Å². The molecule has 0 saturated heterocycles. The molecular formula is C20H36O2. The molecule has 2 aromatic rings. The Morgan fingerprint density at radius 3 is 0.864 bits per heavy atom. The van der Waals surface area contributed by atoms with Gasteiger partial charge in [0.1, 0.15) is 11.5 Å². The summed E-state index contributed by atoms with van der Waals surface area (Å²) in [6.45, 7) is 12.2. The van der Waals surface area contributed by atoms with Gasteiger partial charge in [0, 0.05) is 0 Å². The van der Waals surface area contributed by atoms with Gasteiger partial charge in [-0.15, -0.1) is 0 Å². The number of hydrogen-bond acceptors (Lipinski definition) is 2. The van der Waals surface area contributed by atoms with Crippen molar-refractivity contribution < 1.29 is 10.2 Å². The summed E-state index contributed by atoms with van der Waals surface area (Å²) in [7, 11) is 0. The lowest BCUT2D eigenvalue weighted by atomic mass is 10.3. The van der Waals surface area contributed by atoms with Crippen molar-refractivity contribution in [2.24, 2.45) is 0 Å². The number of para-hydroxylation sites is 2. The number of aromatic hydroxyl groups is 2. The first-order chi connectivity index (χ1) is 10.2. The second kappa shape index (κ2) is 27.4. The minimum atomic E-state index is 0. The van der Waals surface area contributed by atoms with Gasteiger partial charge < -0.3 is 10.2 Å². The Kier molecular flexibility index (Phi) is 35.2. The third-order valence-corrected chi connectivity index (χ3v) is 1.51. The first-order valence-electron chi connectivity index (χ1n) is 7.68. The molecule has 2 heteroatoms. The highest BCUT2D eigenvalue weighted by atomic mass is 16.3. The van der Waals surface area contributed by atoms with E-state index in [1.807, 2.05) is 39.8 Å². The first-order valence-corrected chi connectivity index (χ1v) is 7.68. The summed E-state index contributed by atoms with van der Waals surface area (Å²) in [5, 5.41) is 17.3. The Balaban J connectivity index is -0.000000102. The highest BCUT2D eigenvalue weighted by Gasteiger charge is 1.75. The van der Waals surface area contributed by atoms with Crippen LogP contribution in [0.2, 0.25) is 0 Å². The van der Waals surface area contributed by atoms with Crippen LogP contribution in [0.5, 0.6) is 11.5 Å². The Morgan fingerprint density at radius 1 is 0.591 bits per heavy atom. The summed E-state index contributed by atoms with van der Waals surface area (Å²) in [6, 6.07) is 17.4. The zero-order valence-corrected chi connectivity index (χ0v) is 14.4. The van der Waals surface area contributed by atoms with E-state index in [4.69, 9.17) is 10.2 Å². The molecule has 0 heterocycles. The summed E-state index contributed by atoms with van der Waals surface area (Å²) in [4.78, 5) is 0. The molecule has 0 saturated carbocycles. The highest BCUT2D eigenvalue weighted by molar-refractivity contribution is 5.19. The van der Waals surface area contributed by atoms with Crippen molar-refractivity contribution in [2.45, 2.75) is 55.4 Å². The normalized spacial score (nSPS) is 6.82. The molecule has 2 N–H and O–H groups in total. The number of rotatable bonds is 0. The number of hydrogen-bond donors (Lipinski definition) is 2. The zero-order valence-electron chi connectivity index (χ0n) is 14.4. The van der Waals surface area contributed by atoms with E-state index in [0.717, 1.165) is 0 Å². The van der Waals surface area contributed by atoms with Crippen molar-refractivity contribution in [1.29, 1.82) is 0 Å². The fourth-order valence-electron chi connectivity index (χ4n) is 0.856. The lowest BCUT2D eigenvalue weighted by Gasteiger charge is -1.82. The molecule has 0 atom stereocenters. The Hall–Kier alpha value is -1.96. The monoisotopic (exact) mass is 308 g/mol. The van der Waals surface area contributed by atoms with Gasteiger partial charge in [0.25, 0.3) is 0 Å². The van der Waals surface area contributed by atoms with Crippen LogP contribution in [0.4, 0.5) is 0 Å². The van der Waals surface area contributed by atoms with Gasteiger partial charge in [-0.25, -0.2) is 0 Å². The molecular weight excluding hydrogens is 272 g/mol. The fourth-order valence-corrected chi connectivity index (χ4v) is 0.856. The molecule has 2 aromatic carbocycles. The van der Waals surface area contributed by atoms with Crippen molar-refractivity contribution in [1.82, 2.24) is 0 Å². The zero-order chi connectivity index (χ0) is 16.9. The summed E-state index contributed by atoms with van der Waals surface area (Å²) < 4.78 is 0. The molecule has 0 aliphatic rings. The topological polar surface area (TPSA) is 40.5 Å². The van der Waals surface area contributed by atoms with Crippen molar-refractivity contribution in [2.75, 3.05) is 0 Å². The molecule has 0 bridgehead atoms. The second-order valence-electron chi connectivity index (χ2n) is 3.38. The van der Waals surface area contributed by atoms with Crippen LogP contribution in [0, 0.1) is 0 Å². The van der Waals surface area contributed by atoms with Crippen LogP contribution in [0.15, 0.2) is 60.7 Å². The third-order valence-electron chi connectivity index (χ3n) is 1.51. The van der Waals surface area contributed by atoms with Crippen LogP contribution in [-0.2, 0) is 0 Å². The van der Waals surface area contributed by atoms with E-state index in [1.165, 1.54) is 6.42 Å². The molecule has 0 amide bonds. The van der Waals surface area contributed by atoms with Gasteiger partial charge >= 0.3 is 0 Å². The van der Waals surface area contributed by atoms with E-state index in [2.05, 4.69) is 13.8 Å². The van der Waals surface area contributed by atoms with E-state index >= 15 is 0 Å². The molecule has 2 rings (SSSR count). The standard InChI is InChI=1S/2C6H6O.C3H8.2C2H6.CH4/c2*7-6-4-2-1-3-5-6;1-3-2;2*1-2;/h2*1-5,7H;3H2,1-2H3;2*1-2H3;1H4. The van der Waals surface area contributed by atoms with Gasteiger partial charge in [-0.2, -0.15) is 0 Å². The van der Waals surface area contributed by atoms with Crippen molar-refractivity contribution in [3.05, 3.63) is 60.7 Å². The predicted molar refractivity (Wildman–Crippen MR) is 102 cm³/mol. The largest absolute Gasteiger partial charge is 0.508 e. The maximum atomic E-state index is 8.63. The van der Waals surface area contributed by atoms with Crippen LogP contribution in [0.3, 0.4) is 0 Å². The average molecular weight is 309 g/mol.